The number of benzene rings is 1. The van der Waals surface area contributed by atoms with Crippen molar-refractivity contribution in [2.24, 2.45) is 0 Å². The normalized spacial score (nSPS) is 20.1. The monoisotopic (exact) mass is 403 g/mol. The highest BCUT2D eigenvalue weighted by Crippen LogP contribution is 2.35. The molecule has 28 heavy (non-hydrogen) atoms. The number of aliphatic carboxylic acids is 1. The van der Waals surface area contributed by atoms with Crippen molar-refractivity contribution in [1.29, 1.82) is 0 Å². The predicted octanol–water partition coefficient (Wildman–Crippen LogP) is 3.20. The van der Waals surface area contributed by atoms with E-state index in [1.807, 2.05) is 11.8 Å². The van der Waals surface area contributed by atoms with Gasteiger partial charge in [0.15, 0.2) is 15.6 Å². The third-order valence-electron chi connectivity index (χ3n) is 5.40. The Hall–Kier alpha value is -2.41. The topological polar surface area (TPSA) is 91.8 Å². The van der Waals surface area contributed by atoms with Gasteiger partial charge in [-0.05, 0) is 63.8 Å². The predicted molar refractivity (Wildman–Crippen MR) is 106 cm³/mol. The molecule has 3 rings (SSSR count). The lowest BCUT2D eigenvalue weighted by atomic mass is 9.99. The number of allylic oxidation sites excluding steroid dienone is 1. The number of carbonyl (C=O) groups excluding carboxylic acids is 1. The van der Waals surface area contributed by atoms with Crippen LogP contribution in [0.4, 0.5) is 0 Å². The van der Waals surface area contributed by atoms with Gasteiger partial charge >= 0.3 is 5.97 Å². The molecule has 0 amide bonds. The van der Waals surface area contributed by atoms with Crippen LogP contribution < -0.4 is 0 Å². The molecule has 0 radical (unpaired) electrons. The molecule has 1 unspecified atom stereocenters. The summed E-state index contributed by atoms with van der Waals surface area (Å²) in [7, 11) is -3.40. The number of Topliss-reactive ketones (excluding diaryl/α,β-unsaturated/α-hetero) is 1. The average Bonchev–Trinajstić information content (AvgIpc) is 2.82. The molecule has 1 atom stereocenters. The fourth-order valence-corrected chi connectivity index (χ4v) is 4.85. The van der Waals surface area contributed by atoms with Gasteiger partial charge in [0.2, 0.25) is 0 Å². The van der Waals surface area contributed by atoms with Gasteiger partial charge in [-0.1, -0.05) is 12.1 Å². The maximum atomic E-state index is 13.2. The van der Waals surface area contributed by atoms with E-state index < -0.39 is 27.1 Å². The summed E-state index contributed by atoms with van der Waals surface area (Å²) < 4.78 is 24.6. The number of carboxylic acid groups (broad SMARTS) is 1. The molecule has 0 aliphatic carbocycles. The molecule has 2 aliphatic heterocycles. The van der Waals surface area contributed by atoms with Gasteiger partial charge in [-0.15, -0.1) is 0 Å². The average molecular weight is 404 g/mol. The molecule has 0 aromatic heterocycles. The van der Waals surface area contributed by atoms with Crippen LogP contribution in [0.3, 0.4) is 0 Å². The smallest absolute Gasteiger partial charge is 0.333 e. The minimum Gasteiger partial charge on any atom is -0.478 e. The van der Waals surface area contributed by atoms with Gasteiger partial charge in [0.1, 0.15) is 6.04 Å². The maximum Gasteiger partial charge on any atom is 0.333 e. The second kappa shape index (κ2) is 7.54. The van der Waals surface area contributed by atoms with Gasteiger partial charge < -0.3 is 10.0 Å². The van der Waals surface area contributed by atoms with Crippen molar-refractivity contribution in [2.75, 3.05) is 6.54 Å². The van der Waals surface area contributed by atoms with Crippen molar-refractivity contribution in [3.8, 4) is 0 Å². The van der Waals surface area contributed by atoms with Crippen LogP contribution in [0.5, 0.6) is 0 Å². The fraction of sp³-hybridized carbons (Fsp3) is 0.429. The van der Waals surface area contributed by atoms with E-state index in [0.29, 0.717) is 29.8 Å². The zero-order chi connectivity index (χ0) is 20.6. The van der Waals surface area contributed by atoms with E-state index in [1.165, 1.54) is 12.1 Å². The number of carbonyl (C=O) groups is 2. The quantitative estimate of drug-likeness (QED) is 0.759. The van der Waals surface area contributed by atoms with Gasteiger partial charge in [-0.25, -0.2) is 13.2 Å². The molecule has 1 N–H and O–H groups in total. The molecule has 0 bridgehead atoms. The number of carboxylic acids is 1. The van der Waals surface area contributed by atoms with Crippen LogP contribution in [0.15, 0.2) is 52.1 Å². The first-order valence-electron chi connectivity index (χ1n) is 9.44. The number of sulfone groups is 1. The summed E-state index contributed by atoms with van der Waals surface area (Å²) in [6, 6.07) is 5.48. The van der Waals surface area contributed by atoms with E-state index in [1.54, 1.807) is 32.1 Å². The lowest BCUT2D eigenvalue weighted by Gasteiger charge is -2.28. The highest BCUT2D eigenvalue weighted by atomic mass is 32.2. The molecular formula is C21H25NO5S. The Labute approximate surface area is 165 Å². The van der Waals surface area contributed by atoms with Crippen molar-refractivity contribution in [3.05, 3.63) is 52.7 Å². The van der Waals surface area contributed by atoms with E-state index >= 15 is 0 Å². The minimum absolute atomic E-state index is 0.149. The van der Waals surface area contributed by atoms with Crippen molar-refractivity contribution in [1.82, 2.24) is 4.90 Å². The Kier molecular flexibility index (Phi) is 5.48. The van der Waals surface area contributed by atoms with Crippen LogP contribution in [-0.4, -0.2) is 48.0 Å². The van der Waals surface area contributed by atoms with Gasteiger partial charge in [0, 0.05) is 17.8 Å². The summed E-state index contributed by atoms with van der Waals surface area (Å²) in [4.78, 5) is 26.9. The van der Waals surface area contributed by atoms with Crippen LogP contribution >= 0.6 is 0 Å². The van der Waals surface area contributed by atoms with Crippen molar-refractivity contribution in [2.45, 2.75) is 56.2 Å². The van der Waals surface area contributed by atoms with Crippen molar-refractivity contribution in [3.63, 3.8) is 0 Å². The molecule has 1 aromatic carbocycles. The Morgan fingerprint density at radius 2 is 1.79 bits per heavy atom. The molecule has 2 heterocycles. The van der Waals surface area contributed by atoms with E-state index in [2.05, 4.69) is 0 Å². The third kappa shape index (κ3) is 3.51. The summed E-state index contributed by atoms with van der Waals surface area (Å²) in [6.07, 6.45) is 3.89. The lowest BCUT2D eigenvalue weighted by molar-refractivity contribution is -0.132. The molecule has 2 aliphatic rings. The second-order valence-corrected chi connectivity index (χ2v) is 10.1. The Morgan fingerprint density at radius 1 is 1.14 bits per heavy atom. The lowest BCUT2D eigenvalue weighted by Crippen LogP contribution is -2.38. The number of rotatable bonds is 5. The highest BCUT2D eigenvalue weighted by molar-refractivity contribution is 7.92. The standard InChI is InChI=1S/C21H25NO5S/c1-13(2)28(26,27)16-9-7-15(8-10-16)20(23)19-14(3)12-18-17(21(24)25)6-4-5-11-22(18)19/h7-10,12-13,19H,4-6,11H2,1-3H3,(H,24,25). The number of hydrogen-bond acceptors (Lipinski definition) is 5. The second-order valence-electron chi connectivity index (χ2n) is 7.59. The fourth-order valence-electron chi connectivity index (χ4n) is 3.79. The van der Waals surface area contributed by atoms with E-state index in [-0.39, 0.29) is 10.7 Å². The molecule has 0 spiro atoms. The van der Waals surface area contributed by atoms with Crippen LogP contribution in [0.1, 0.15) is 50.4 Å². The summed E-state index contributed by atoms with van der Waals surface area (Å²) in [5, 5.41) is 9.00. The van der Waals surface area contributed by atoms with Crippen molar-refractivity contribution >= 4 is 21.6 Å². The first-order valence-corrected chi connectivity index (χ1v) is 11.0. The van der Waals surface area contributed by atoms with Crippen molar-refractivity contribution < 1.29 is 23.1 Å². The first-order chi connectivity index (χ1) is 13.1. The van der Waals surface area contributed by atoms with Crippen LogP contribution in [0.25, 0.3) is 0 Å². The molecule has 1 aromatic rings. The van der Waals surface area contributed by atoms with E-state index in [9.17, 15) is 23.1 Å². The molecular weight excluding hydrogens is 378 g/mol. The van der Waals surface area contributed by atoms with Gasteiger partial charge in [-0.3, -0.25) is 4.79 Å². The summed E-state index contributed by atoms with van der Waals surface area (Å²) in [5.74, 6) is -1.09. The summed E-state index contributed by atoms with van der Waals surface area (Å²) in [6.45, 7) is 5.69. The van der Waals surface area contributed by atoms with Gasteiger partial charge in [0.25, 0.3) is 0 Å². The number of ketones is 1. The summed E-state index contributed by atoms with van der Waals surface area (Å²) >= 11 is 0. The van der Waals surface area contributed by atoms with E-state index in [0.717, 1.165) is 18.4 Å². The highest BCUT2D eigenvalue weighted by Gasteiger charge is 2.37. The Balaban J connectivity index is 1.94. The minimum atomic E-state index is -3.40. The number of hydrogen-bond donors (Lipinski definition) is 1. The third-order valence-corrected chi connectivity index (χ3v) is 7.57. The summed E-state index contributed by atoms with van der Waals surface area (Å²) in [5.41, 5.74) is 2.20. The maximum absolute atomic E-state index is 13.2. The largest absolute Gasteiger partial charge is 0.478 e. The SMILES string of the molecule is CC1=CC2=C(C(=O)O)CCCCN2C1C(=O)c1ccc(S(=O)(=O)C(C)C)cc1. The number of fused-ring (bicyclic) bond motifs is 1. The van der Waals surface area contributed by atoms with Gasteiger partial charge in [-0.2, -0.15) is 0 Å². The number of nitrogens with zero attached hydrogens (tertiary/aromatic N) is 1. The van der Waals surface area contributed by atoms with Crippen LogP contribution in [0.2, 0.25) is 0 Å². The van der Waals surface area contributed by atoms with Crippen LogP contribution in [-0.2, 0) is 14.6 Å². The Morgan fingerprint density at radius 3 is 2.36 bits per heavy atom. The zero-order valence-electron chi connectivity index (χ0n) is 16.3. The Bertz CT molecular complexity index is 971. The molecule has 0 saturated carbocycles. The molecule has 7 heteroatoms. The molecule has 6 nitrogen and oxygen atoms in total. The first kappa shape index (κ1) is 20.3. The van der Waals surface area contributed by atoms with E-state index in [4.69, 9.17) is 0 Å². The van der Waals surface area contributed by atoms with Gasteiger partial charge in [0.05, 0.1) is 15.7 Å². The molecule has 150 valence electrons. The van der Waals surface area contributed by atoms with Crippen LogP contribution in [0, 0.1) is 0 Å². The molecule has 0 saturated heterocycles. The zero-order valence-corrected chi connectivity index (χ0v) is 17.1. The molecule has 0 fully saturated rings.